The summed E-state index contributed by atoms with van der Waals surface area (Å²) in [6, 6.07) is 4.90. The van der Waals surface area contributed by atoms with E-state index in [9.17, 15) is 13.2 Å². The molecule has 0 saturated carbocycles. The maximum Gasteiger partial charge on any atom is 0.417 e. The summed E-state index contributed by atoms with van der Waals surface area (Å²) < 4.78 is 40.1. The van der Waals surface area contributed by atoms with Gasteiger partial charge in [0.25, 0.3) is 0 Å². The molecular weight excluding hydrogens is 358 g/mol. The van der Waals surface area contributed by atoms with Crippen LogP contribution in [0, 0.1) is 14.9 Å². The Labute approximate surface area is 114 Å². The highest BCUT2D eigenvalue weighted by Gasteiger charge is 2.33. The lowest BCUT2D eigenvalue weighted by molar-refractivity contribution is -0.137. The third kappa shape index (κ3) is 2.48. The number of aromatic nitrogens is 2. The molecule has 0 radical (unpaired) electrons. The molecule has 0 N–H and O–H groups in total. The summed E-state index contributed by atoms with van der Waals surface area (Å²) in [5, 5.41) is 12.7. The Hall–Kier alpha value is -1.56. The summed E-state index contributed by atoms with van der Waals surface area (Å²) in [6.07, 6.45) is -1.29. The maximum absolute atomic E-state index is 12.6. The molecule has 0 bridgehead atoms. The Morgan fingerprint density at radius 3 is 2.56 bits per heavy atom. The zero-order valence-electron chi connectivity index (χ0n) is 8.74. The van der Waals surface area contributed by atoms with Crippen LogP contribution >= 0.6 is 22.6 Å². The molecule has 0 amide bonds. The molecule has 0 fully saturated rings. The SMILES string of the molecule is N#Cc1cc(-n2cc(I)cn2)ccc1C(F)(F)F. The highest BCUT2D eigenvalue weighted by molar-refractivity contribution is 14.1. The van der Waals surface area contributed by atoms with Crippen LogP contribution in [0.3, 0.4) is 0 Å². The van der Waals surface area contributed by atoms with Crippen LogP contribution in [0.2, 0.25) is 0 Å². The van der Waals surface area contributed by atoms with Crippen LogP contribution in [0.1, 0.15) is 11.1 Å². The summed E-state index contributed by atoms with van der Waals surface area (Å²) >= 11 is 2.04. The summed E-state index contributed by atoms with van der Waals surface area (Å²) in [5.74, 6) is 0. The van der Waals surface area contributed by atoms with Crippen molar-refractivity contribution in [2.75, 3.05) is 0 Å². The van der Waals surface area contributed by atoms with Crippen LogP contribution in [0.4, 0.5) is 13.2 Å². The van der Waals surface area contributed by atoms with Crippen LogP contribution < -0.4 is 0 Å². The van der Waals surface area contributed by atoms with E-state index in [4.69, 9.17) is 5.26 Å². The summed E-state index contributed by atoms with van der Waals surface area (Å²) in [6.45, 7) is 0. The van der Waals surface area contributed by atoms with Crippen molar-refractivity contribution in [2.24, 2.45) is 0 Å². The normalized spacial score (nSPS) is 11.3. The molecule has 1 aromatic carbocycles. The summed E-state index contributed by atoms with van der Waals surface area (Å²) in [5.41, 5.74) is -0.927. The zero-order valence-corrected chi connectivity index (χ0v) is 10.9. The molecule has 0 aliphatic carbocycles. The smallest absolute Gasteiger partial charge is 0.240 e. The van der Waals surface area contributed by atoms with Gasteiger partial charge >= 0.3 is 6.18 Å². The molecule has 18 heavy (non-hydrogen) atoms. The fraction of sp³-hybridized carbons (Fsp3) is 0.0909. The minimum Gasteiger partial charge on any atom is -0.240 e. The third-order valence-corrected chi connectivity index (χ3v) is 2.80. The molecule has 0 aliphatic heterocycles. The van der Waals surface area contributed by atoms with Crippen molar-refractivity contribution in [2.45, 2.75) is 6.18 Å². The van der Waals surface area contributed by atoms with E-state index < -0.39 is 17.3 Å². The van der Waals surface area contributed by atoms with Gasteiger partial charge in [0, 0.05) is 6.20 Å². The molecule has 1 heterocycles. The first-order chi connectivity index (χ1) is 8.41. The van der Waals surface area contributed by atoms with Gasteiger partial charge in [-0.25, -0.2) is 4.68 Å². The van der Waals surface area contributed by atoms with E-state index in [1.165, 1.54) is 16.8 Å². The van der Waals surface area contributed by atoms with Crippen molar-refractivity contribution in [3.05, 3.63) is 45.3 Å². The largest absolute Gasteiger partial charge is 0.417 e. The standard InChI is InChI=1S/C11H5F3IN3/c12-11(13,14)10-2-1-9(3-7(10)4-16)18-6-8(15)5-17-18/h1-3,5-6H. The predicted octanol–water partition coefficient (Wildman–Crippen LogP) is 3.37. The van der Waals surface area contributed by atoms with E-state index >= 15 is 0 Å². The molecule has 0 unspecified atom stereocenters. The Kier molecular flexibility index (Phi) is 3.30. The molecule has 92 valence electrons. The lowest BCUT2D eigenvalue weighted by atomic mass is 10.1. The van der Waals surface area contributed by atoms with Crippen molar-refractivity contribution >= 4 is 22.6 Å². The molecule has 1 aromatic heterocycles. The van der Waals surface area contributed by atoms with E-state index in [2.05, 4.69) is 5.10 Å². The van der Waals surface area contributed by atoms with Gasteiger partial charge in [-0.05, 0) is 40.8 Å². The van der Waals surface area contributed by atoms with Crippen LogP contribution in [-0.4, -0.2) is 9.78 Å². The van der Waals surface area contributed by atoms with Crippen molar-refractivity contribution in [3.63, 3.8) is 0 Å². The topological polar surface area (TPSA) is 41.6 Å². The second kappa shape index (κ2) is 4.61. The maximum atomic E-state index is 12.6. The Bertz CT molecular complexity index is 625. The van der Waals surface area contributed by atoms with E-state index in [0.29, 0.717) is 5.69 Å². The molecule has 7 heteroatoms. The molecule has 0 spiro atoms. The van der Waals surface area contributed by atoms with Crippen molar-refractivity contribution in [1.29, 1.82) is 5.26 Å². The molecule has 0 aliphatic rings. The number of nitriles is 1. The number of alkyl halides is 3. The summed E-state index contributed by atoms with van der Waals surface area (Å²) in [4.78, 5) is 0. The summed E-state index contributed by atoms with van der Waals surface area (Å²) in [7, 11) is 0. The van der Waals surface area contributed by atoms with Gasteiger partial charge in [-0.3, -0.25) is 0 Å². The monoisotopic (exact) mass is 363 g/mol. The van der Waals surface area contributed by atoms with Crippen LogP contribution in [0.5, 0.6) is 0 Å². The minimum absolute atomic E-state index is 0.412. The van der Waals surface area contributed by atoms with E-state index in [1.807, 2.05) is 22.6 Å². The Morgan fingerprint density at radius 1 is 1.33 bits per heavy atom. The zero-order chi connectivity index (χ0) is 13.3. The minimum atomic E-state index is -4.53. The highest BCUT2D eigenvalue weighted by Crippen LogP contribution is 2.32. The van der Waals surface area contributed by atoms with Gasteiger partial charge in [0.2, 0.25) is 0 Å². The second-order valence-electron chi connectivity index (χ2n) is 3.44. The molecule has 0 atom stereocenters. The molecular formula is C11H5F3IN3. The lowest BCUT2D eigenvalue weighted by Crippen LogP contribution is -2.08. The number of nitrogens with zero attached hydrogens (tertiary/aromatic N) is 3. The van der Waals surface area contributed by atoms with E-state index in [-0.39, 0.29) is 0 Å². The van der Waals surface area contributed by atoms with Crippen LogP contribution in [-0.2, 0) is 6.18 Å². The van der Waals surface area contributed by atoms with Gasteiger partial charge in [0.15, 0.2) is 0 Å². The average Bonchev–Trinajstić information content (AvgIpc) is 2.74. The number of rotatable bonds is 1. The van der Waals surface area contributed by atoms with E-state index in [0.717, 1.165) is 9.64 Å². The number of benzene rings is 1. The lowest BCUT2D eigenvalue weighted by Gasteiger charge is -2.10. The van der Waals surface area contributed by atoms with Gasteiger partial charge in [-0.15, -0.1) is 0 Å². The molecule has 3 nitrogen and oxygen atoms in total. The second-order valence-corrected chi connectivity index (χ2v) is 4.69. The molecule has 2 rings (SSSR count). The van der Waals surface area contributed by atoms with Gasteiger partial charge in [0.1, 0.15) is 0 Å². The van der Waals surface area contributed by atoms with Crippen LogP contribution in [0.25, 0.3) is 5.69 Å². The fourth-order valence-corrected chi connectivity index (χ4v) is 1.84. The van der Waals surface area contributed by atoms with Gasteiger partial charge in [-0.2, -0.15) is 23.5 Å². The third-order valence-electron chi connectivity index (χ3n) is 2.24. The average molecular weight is 363 g/mol. The van der Waals surface area contributed by atoms with Crippen LogP contribution in [0.15, 0.2) is 30.6 Å². The Morgan fingerprint density at radius 2 is 2.06 bits per heavy atom. The number of halogens is 4. The highest BCUT2D eigenvalue weighted by atomic mass is 127. The predicted molar refractivity (Wildman–Crippen MR) is 66.0 cm³/mol. The Balaban J connectivity index is 2.53. The van der Waals surface area contributed by atoms with Gasteiger partial charge in [-0.1, -0.05) is 0 Å². The first kappa shape index (κ1) is 12.9. The molecule has 0 saturated heterocycles. The van der Waals surface area contributed by atoms with Crippen molar-refractivity contribution < 1.29 is 13.2 Å². The molecule has 2 aromatic rings. The van der Waals surface area contributed by atoms with Crippen molar-refractivity contribution in [3.8, 4) is 11.8 Å². The van der Waals surface area contributed by atoms with E-state index in [1.54, 1.807) is 18.5 Å². The first-order valence-corrected chi connectivity index (χ1v) is 5.81. The quantitative estimate of drug-likeness (QED) is 0.730. The first-order valence-electron chi connectivity index (χ1n) is 4.73. The number of hydrogen-bond acceptors (Lipinski definition) is 2. The fourth-order valence-electron chi connectivity index (χ4n) is 1.46. The number of hydrogen-bond donors (Lipinski definition) is 0. The van der Waals surface area contributed by atoms with Gasteiger partial charge in [0.05, 0.1) is 32.7 Å². The van der Waals surface area contributed by atoms with Crippen molar-refractivity contribution in [1.82, 2.24) is 9.78 Å². The van der Waals surface area contributed by atoms with Gasteiger partial charge < -0.3 is 0 Å².